The molecule has 0 saturated carbocycles. The van der Waals surface area contributed by atoms with E-state index in [1.54, 1.807) is 4.68 Å². The Hall–Kier alpha value is -2.73. The maximum Gasteiger partial charge on any atom is 0.157 e. The van der Waals surface area contributed by atoms with Crippen LogP contribution in [-0.2, 0) is 13.0 Å². The number of hydrogen-bond donors (Lipinski definition) is 1. The van der Waals surface area contributed by atoms with Crippen molar-refractivity contribution < 1.29 is 4.74 Å². The van der Waals surface area contributed by atoms with E-state index < -0.39 is 0 Å². The Morgan fingerprint density at radius 2 is 1.77 bits per heavy atom. The summed E-state index contributed by atoms with van der Waals surface area (Å²) in [6.07, 6.45) is 0.638. The molecule has 6 nitrogen and oxygen atoms in total. The van der Waals surface area contributed by atoms with Gasteiger partial charge in [0.05, 0.1) is 5.69 Å². The first-order valence-corrected chi connectivity index (χ1v) is 7.11. The summed E-state index contributed by atoms with van der Waals surface area (Å²) < 4.78 is 7.45. The van der Waals surface area contributed by atoms with Gasteiger partial charge in [-0.15, -0.1) is 5.10 Å². The van der Waals surface area contributed by atoms with Crippen LogP contribution in [-0.4, -0.2) is 26.8 Å². The summed E-state index contributed by atoms with van der Waals surface area (Å²) >= 11 is 0. The van der Waals surface area contributed by atoms with Crippen LogP contribution in [0.3, 0.4) is 0 Å². The highest BCUT2D eigenvalue weighted by Crippen LogP contribution is 2.17. The largest absolute Gasteiger partial charge is 0.489 e. The van der Waals surface area contributed by atoms with Crippen LogP contribution in [0.5, 0.6) is 5.75 Å². The van der Waals surface area contributed by atoms with Crippen molar-refractivity contribution in [3.05, 3.63) is 66.0 Å². The topological polar surface area (TPSA) is 78.9 Å². The summed E-state index contributed by atoms with van der Waals surface area (Å²) in [4.78, 5) is 0. The molecule has 0 amide bonds. The van der Waals surface area contributed by atoms with Gasteiger partial charge in [-0.3, -0.25) is 0 Å². The third-order valence-corrected chi connectivity index (χ3v) is 3.23. The lowest BCUT2D eigenvalue weighted by atomic mass is 10.2. The van der Waals surface area contributed by atoms with Crippen LogP contribution in [0, 0.1) is 0 Å². The number of aromatic nitrogens is 4. The fraction of sp³-hybridized carbons (Fsp3) is 0.188. The highest BCUT2D eigenvalue weighted by atomic mass is 16.5. The summed E-state index contributed by atoms with van der Waals surface area (Å²) in [5.41, 5.74) is 7.58. The molecule has 1 aromatic heterocycles. The number of nitrogens with zero attached hydrogens (tertiary/aromatic N) is 4. The molecule has 3 aromatic rings. The Balaban J connectivity index is 1.68. The normalized spacial score (nSPS) is 10.6. The predicted molar refractivity (Wildman–Crippen MR) is 82.7 cm³/mol. The van der Waals surface area contributed by atoms with E-state index in [1.165, 1.54) is 0 Å². The average molecular weight is 295 g/mol. The lowest BCUT2D eigenvalue weighted by molar-refractivity contribution is 0.306. The van der Waals surface area contributed by atoms with Gasteiger partial charge in [0.2, 0.25) is 0 Å². The second-order valence-corrected chi connectivity index (χ2v) is 4.81. The number of hydrogen-bond acceptors (Lipinski definition) is 5. The standard InChI is InChI=1S/C16H17N5O/c17-11-10-16-18-19-20-21(16)14-6-8-15(9-7-14)22-12-13-4-2-1-3-5-13/h1-9H,10-12,17H2. The van der Waals surface area contributed by atoms with Gasteiger partial charge in [0, 0.05) is 6.42 Å². The van der Waals surface area contributed by atoms with Crippen LogP contribution in [0.2, 0.25) is 0 Å². The number of rotatable bonds is 6. The molecule has 0 spiro atoms. The van der Waals surface area contributed by atoms with Gasteiger partial charge in [-0.25, -0.2) is 0 Å². The predicted octanol–water partition coefficient (Wildman–Crippen LogP) is 1.74. The average Bonchev–Trinajstić information content (AvgIpc) is 3.03. The molecule has 0 fully saturated rings. The van der Waals surface area contributed by atoms with Crippen LogP contribution >= 0.6 is 0 Å². The van der Waals surface area contributed by atoms with E-state index in [9.17, 15) is 0 Å². The Kier molecular flexibility index (Phi) is 4.41. The molecule has 0 unspecified atom stereocenters. The van der Waals surface area contributed by atoms with Crippen LogP contribution in [0.25, 0.3) is 5.69 Å². The Bertz CT molecular complexity index is 709. The van der Waals surface area contributed by atoms with Gasteiger partial charge in [-0.2, -0.15) is 4.68 Å². The second kappa shape index (κ2) is 6.82. The Morgan fingerprint density at radius 1 is 1.00 bits per heavy atom. The Morgan fingerprint density at radius 3 is 2.50 bits per heavy atom. The van der Waals surface area contributed by atoms with E-state index in [0.29, 0.717) is 19.6 Å². The first-order valence-electron chi connectivity index (χ1n) is 7.11. The number of benzene rings is 2. The minimum atomic E-state index is 0.513. The molecule has 0 bridgehead atoms. The molecule has 1 heterocycles. The molecule has 2 N–H and O–H groups in total. The molecule has 0 saturated heterocycles. The molecular weight excluding hydrogens is 278 g/mol. The molecule has 0 aliphatic carbocycles. The van der Waals surface area contributed by atoms with Gasteiger partial charge in [-0.05, 0) is 46.8 Å². The lowest BCUT2D eigenvalue weighted by Crippen LogP contribution is -2.09. The molecule has 6 heteroatoms. The Labute approximate surface area is 128 Å². The first kappa shape index (κ1) is 14.2. The van der Waals surface area contributed by atoms with Gasteiger partial charge >= 0.3 is 0 Å². The maximum atomic E-state index is 5.76. The zero-order chi connectivity index (χ0) is 15.2. The molecule has 22 heavy (non-hydrogen) atoms. The number of nitrogens with two attached hydrogens (primary N) is 1. The van der Waals surface area contributed by atoms with Crippen molar-refractivity contribution in [1.82, 2.24) is 20.2 Å². The highest BCUT2D eigenvalue weighted by Gasteiger charge is 2.07. The van der Waals surface area contributed by atoms with Gasteiger partial charge in [0.1, 0.15) is 12.4 Å². The van der Waals surface area contributed by atoms with Crippen molar-refractivity contribution >= 4 is 0 Å². The van der Waals surface area contributed by atoms with Crippen LogP contribution in [0.15, 0.2) is 54.6 Å². The second-order valence-electron chi connectivity index (χ2n) is 4.81. The fourth-order valence-corrected chi connectivity index (χ4v) is 2.12. The highest BCUT2D eigenvalue weighted by molar-refractivity contribution is 5.37. The molecule has 2 aromatic carbocycles. The van der Waals surface area contributed by atoms with Crippen molar-refractivity contribution in [2.24, 2.45) is 5.73 Å². The quantitative estimate of drug-likeness (QED) is 0.749. The van der Waals surface area contributed by atoms with Crippen LogP contribution in [0.1, 0.15) is 11.4 Å². The summed E-state index contributed by atoms with van der Waals surface area (Å²) in [6, 6.07) is 17.7. The molecular formula is C16H17N5O. The molecule has 3 rings (SSSR count). The zero-order valence-corrected chi connectivity index (χ0v) is 12.1. The maximum absolute atomic E-state index is 5.76. The first-order chi connectivity index (χ1) is 10.9. The van der Waals surface area contributed by atoms with Crippen molar-refractivity contribution in [1.29, 1.82) is 0 Å². The molecule has 0 radical (unpaired) electrons. The van der Waals surface area contributed by atoms with E-state index in [0.717, 1.165) is 22.8 Å². The van der Waals surface area contributed by atoms with E-state index in [-0.39, 0.29) is 0 Å². The van der Waals surface area contributed by atoms with Gasteiger partial charge < -0.3 is 10.5 Å². The smallest absolute Gasteiger partial charge is 0.157 e. The minimum absolute atomic E-state index is 0.513. The SMILES string of the molecule is NCCc1nnnn1-c1ccc(OCc2ccccc2)cc1. The summed E-state index contributed by atoms with van der Waals surface area (Å²) in [5, 5.41) is 11.7. The molecule has 0 atom stereocenters. The lowest BCUT2D eigenvalue weighted by Gasteiger charge is -2.08. The van der Waals surface area contributed by atoms with Gasteiger partial charge in [0.25, 0.3) is 0 Å². The van der Waals surface area contributed by atoms with E-state index >= 15 is 0 Å². The van der Waals surface area contributed by atoms with Gasteiger partial charge in [-0.1, -0.05) is 30.3 Å². The van der Waals surface area contributed by atoms with E-state index in [4.69, 9.17) is 10.5 Å². The van der Waals surface area contributed by atoms with Crippen molar-refractivity contribution in [3.8, 4) is 11.4 Å². The van der Waals surface area contributed by atoms with Crippen LogP contribution < -0.4 is 10.5 Å². The van der Waals surface area contributed by atoms with Crippen LogP contribution in [0.4, 0.5) is 0 Å². The zero-order valence-electron chi connectivity index (χ0n) is 12.1. The molecule has 0 aliphatic rings. The van der Waals surface area contributed by atoms with Gasteiger partial charge in [0.15, 0.2) is 5.82 Å². The summed E-state index contributed by atoms with van der Waals surface area (Å²) in [5.74, 6) is 1.56. The van der Waals surface area contributed by atoms with E-state index in [2.05, 4.69) is 15.5 Å². The monoisotopic (exact) mass is 295 g/mol. The third kappa shape index (κ3) is 3.29. The third-order valence-electron chi connectivity index (χ3n) is 3.23. The fourth-order valence-electron chi connectivity index (χ4n) is 2.12. The number of ether oxygens (including phenoxy) is 1. The van der Waals surface area contributed by atoms with E-state index in [1.807, 2.05) is 54.6 Å². The van der Waals surface area contributed by atoms with Crippen molar-refractivity contribution in [3.63, 3.8) is 0 Å². The van der Waals surface area contributed by atoms with Crippen molar-refractivity contribution in [2.45, 2.75) is 13.0 Å². The summed E-state index contributed by atoms with van der Waals surface area (Å²) in [7, 11) is 0. The molecule has 112 valence electrons. The van der Waals surface area contributed by atoms with Crippen molar-refractivity contribution in [2.75, 3.05) is 6.54 Å². The summed E-state index contributed by atoms with van der Waals surface area (Å²) in [6.45, 7) is 1.06. The minimum Gasteiger partial charge on any atom is -0.489 e. The number of tetrazole rings is 1. The molecule has 0 aliphatic heterocycles.